The van der Waals surface area contributed by atoms with Gasteiger partial charge in [0.15, 0.2) is 0 Å². The fourth-order valence-corrected chi connectivity index (χ4v) is 3.08. The number of carbonyl (C=O) groups is 1. The second-order valence-electron chi connectivity index (χ2n) is 6.07. The average Bonchev–Trinajstić information content (AvgIpc) is 3.06. The smallest absolute Gasteiger partial charge is 0.297 e. The van der Waals surface area contributed by atoms with E-state index in [1.165, 1.54) is 40.1 Å². The van der Waals surface area contributed by atoms with Gasteiger partial charge in [-0.05, 0) is 43.3 Å². The van der Waals surface area contributed by atoms with Crippen LogP contribution in [0.4, 0.5) is 10.1 Å². The summed E-state index contributed by atoms with van der Waals surface area (Å²) in [5.41, 5.74) is 1.32. The van der Waals surface area contributed by atoms with Crippen LogP contribution in [0.2, 0.25) is 0 Å². The predicted molar refractivity (Wildman–Crippen MR) is 100 cm³/mol. The summed E-state index contributed by atoms with van der Waals surface area (Å²) in [5.74, 6) is -0.679. The zero-order valence-electron chi connectivity index (χ0n) is 14.6. The van der Waals surface area contributed by atoms with Crippen LogP contribution in [0, 0.1) is 5.82 Å². The van der Waals surface area contributed by atoms with Gasteiger partial charge in [-0.15, -0.1) is 0 Å². The van der Waals surface area contributed by atoms with Gasteiger partial charge in [0.25, 0.3) is 5.56 Å². The third-order valence-corrected chi connectivity index (χ3v) is 4.41. The number of carbonyl (C=O) groups excluding carboxylic acids is 1. The molecule has 7 heteroatoms. The molecule has 4 aromatic rings. The predicted octanol–water partition coefficient (Wildman–Crippen LogP) is 3.33. The molecule has 6 nitrogen and oxygen atoms in total. The van der Waals surface area contributed by atoms with Gasteiger partial charge < -0.3 is 9.32 Å². The lowest BCUT2D eigenvalue weighted by Crippen LogP contribution is -2.36. The van der Waals surface area contributed by atoms with Crippen LogP contribution in [0.1, 0.15) is 6.92 Å². The molecule has 2 heterocycles. The number of furan rings is 1. The number of para-hydroxylation sites is 1. The quantitative estimate of drug-likeness (QED) is 0.556. The SMILES string of the molecule is CCN(C(=O)Cn1cnc2c(oc3ccccc32)c1=O)c1ccc(F)cc1. The molecule has 27 heavy (non-hydrogen) atoms. The van der Waals surface area contributed by atoms with Crippen molar-refractivity contribution in [3.8, 4) is 0 Å². The van der Waals surface area contributed by atoms with E-state index < -0.39 is 5.56 Å². The summed E-state index contributed by atoms with van der Waals surface area (Å²) < 4.78 is 20.0. The Morgan fingerprint density at radius 1 is 1.19 bits per heavy atom. The van der Waals surface area contributed by atoms with Crippen molar-refractivity contribution in [1.82, 2.24) is 9.55 Å². The van der Waals surface area contributed by atoms with Gasteiger partial charge in [-0.3, -0.25) is 14.2 Å². The maximum absolute atomic E-state index is 13.1. The van der Waals surface area contributed by atoms with Crippen LogP contribution in [0.5, 0.6) is 0 Å². The maximum Gasteiger partial charge on any atom is 0.297 e. The summed E-state index contributed by atoms with van der Waals surface area (Å²) in [6.07, 6.45) is 1.35. The molecular formula is C20H16FN3O3. The number of fused-ring (bicyclic) bond motifs is 3. The molecule has 0 fully saturated rings. The fourth-order valence-electron chi connectivity index (χ4n) is 3.08. The topological polar surface area (TPSA) is 68.3 Å². The molecule has 0 aliphatic rings. The molecule has 0 atom stereocenters. The van der Waals surface area contributed by atoms with Gasteiger partial charge in [-0.1, -0.05) is 12.1 Å². The second kappa shape index (κ2) is 6.68. The monoisotopic (exact) mass is 365 g/mol. The van der Waals surface area contributed by atoms with E-state index in [0.717, 1.165) is 5.39 Å². The standard InChI is InChI=1S/C20H16FN3O3/c1-2-24(14-9-7-13(21)8-10-14)17(25)11-23-12-22-18-15-5-3-4-6-16(15)27-19(18)20(23)26/h3-10,12H,2,11H2,1H3. The average molecular weight is 365 g/mol. The number of likely N-dealkylation sites (N-methyl/N-ethyl adjacent to an activating group) is 1. The van der Waals surface area contributed by atoms with Crippen LogP contribution >= 0.6 is 0 Å². The van der Waals surface area contributed by atoms with Crippen molar-refractivity contribution in [2.75, 3.05) is 11.4 Å². The highest BCUT2D eigenvalue weighted by Gasteiger charge is 2.18. The zero-order valence-corrected chi connectivity index (χ0v) is 14.6. The normalized spacial score (nSPS) is 11.2. The Morgan fingerprint density at radius 3 is 2.67 bits per heavy atom. The number of halogens is 1. The number of amides is 1. The summed E-state index contributed by atoms with van der Waals surface area (Å²) in [7, 11) is 0. The zero-order chi connectivity index (χ0) is 19.0. The summed E-state index contributed by atoms with van der Waals surface area (Å²) >= 11 is 0. The minimum Gasteiger partial charge on any atom is -0.448 e. The molecule has 0 unspecified atom stereocenters. The Bertz CT molecular complexity index is 1190. The number of rotatable bonds is 4. The first-order valence-corrected chi connectivity index (χ1v) is 8.51. The van der Waals surface area contributed by atoms with Crippen molar-refractivity contribution in [2.24, 2.45) is 0 Å². The van der Waals surface area contributed by atoms with Crippen molar-refractivity contribution >= 4 is 33.7 Å². The Labute approximate surface area is 153 Å². The largest absolute Gasteiger partial charge is 0.448 e. The highest BCUT2D eigenvalue weighted by Crippen LogP contribution is 2.24. The van der Waals surface area contributed by atoms with E-state index >= 15 is 0 Å². The van der Waals surface area contributed by atoms with E-state index in [4.69, 9.17) is 4.42 Å². The Morgan fingerprint density at radius 2 is 1.93 bits per heavy atom. The molecule has 0 aliphatic heterocycles. The van der Waals surface area contributed by atoms with E-state index in [1.54, 1.807) is 6.07 Å². The van der Waals surface area contributed by atoms with E-state index in [2.05, 4.69) is 4.98 Å². The molecular weight excluding hydrogens is 349 g/mol. The van der Waals surface area contributed by atoms with Gasteiger partial charge >= 0.3 is 0 Å². The molecule has 0 saturated carbocycles. The molecule has 0 N–H and O–H groups in total. The summed E-state index contributed by atoms with van der Waals surface area (Å²) in [4.78, 5) is 31.2. The molecule has 2 aromatic carbocycles. The van der Waals surface area contributed by atoms with Crippen LogP contribution < -0.4 is 10.5 Å². The van der Waals surface area contributed by atoms with Gasteiger partial charge in [-0.25, -0.2) is 9.37 Å². The minimum absolute atomic E-state index is 0.122. The van der Waals surface area contributed by atoms with E-state index in [-0.39, 0.29) is 23.9 Å². The molecule has 0 saturated heterocycles. The van der Waals surface area contributed by atoms with Crippen LogP contribution in [0.15, 0.2) is 64.1 Å². The van der Waals surface area contributed by atoms with E-state index in [0.29, 0.717) is 23.3 Å². The third kappa shape index (κ3) is 2.97. The Balaban J connectivity index is 1.69. The maximum atomic E-state index is 13.1. The number of benzene rings is 2. The molecule has 0 spiro atoms. The van der Waals surface area contributed by atoms with Crippen LogP contribution in [0.3, 0.4) is 0 Å². The lowest BCUT2D eigenvalue weighted by Gasteiger charge is -2.21. The first kappa shape index (κ1) is 17.0. The lowest BCUT2D eigenvalue weighted by molar-refractivity contribution is -0.119. The van der Waals surface area contributed by atoms with Crippen molar-refractivity contribution in [1.29, 1.82) is 0 Å². The van der Waals surface area contributed by atoms with E-state index in [9.17, 15) is 14.0 Å². The van der Waals surface area contributed by atoms with Crippen LogP contribution in [-0.4, -0.2) is 22.0 Å². The molecule has 0 aliphatic carbocycles. The van der Waals surface area contributed by atoms with Gasteiger partial charge in [0.05, 0.1) is 6.33 Å². The van der Waals surface area contributed by atoms with Crippen molar-refractivity contribution < 1.29 is 13.6 Å². The van der Waals surface area contributed by atoms with Gasteiger partial charge in [-0.2, -0.15) is 0 Å². The number of hydrogen-bond donors (Lipinski definition) is 0. The summed E-state index contributed by atoms with van der Waals surface area (Å²) in [5, 5.41) is 0.754. The minimum atomic E-state index is -0.417. The Kier molecular flexibility index (Phi) is 4.19. The molecule has 1 amide bonds. The van der Waals surface area contributed by atoms with Gasteiger partial charge in [0, 0.05) is 17.6 Å². The first-order chi connectivity index (χ1) is 13.1. The molecule has 0 bridgehead atoms. The molecule has 136 valence electrons. The van der Waals surface area contributed by atoms with Gasteiger partial charge in [0.1, 0.15) is 23.5 Å². The van der Waals surface area contributed by atoms with Crippen molar-refractivity contribution in [3.05, 3.63) is 71.0 Å². The van der Waals surface area contributed by atoms with Crippen molar-refractivity contribution in [2.45, 2.75) is 13.5 Å². The highest BCUT2D eigenvalue weighted by atomic mass is 19.1. The number of hydrogen-bond acceptors (Lipinski definition) is 4. The van der Waals surface area contributed by atoms with Crippen molar-refractivity contribution in [3.63, 3.8) is 0 Å². The number of aromatic nitrogens is 2. The lowest BCUT2D eigenvalue weighted by atomic mass is 10.2. The summed E-state index contributed by atoms with van der Waals surface area (Å²) in [6.45, 7) is 2.01. The molecule has 0 radical (unpaired) electrons. The molecule has 2 aromatic heterocycles. The molecule has 4 rings (SSSR count). The second-order valence-corrected chi connectivity index (χ2v) is 6.07. The van der Waals surface area contributed by atoms with Crippen LogP contribution in [0.25, 0.3) is 22.1 Å². The third-order valence-electron chi connectivity index (χ3n) is 4.41. The van der Waals surface area contributed by atoms with E-state index in [1.807, 2.05) is 25.1 Å². The Hall–Kier alpha value is -3.48. The fraction of sp³-hybridized carbons (Fsp3) is 0.150. The van der Waals surface area contributed by atoms with Crippen LogP contribution in [-0.2, 0) is 11.3 Å². The summed E-state index contributed by atoms with van der Waals surface area (Å²) in [6, 6.07) is 12.9. The number of anilines is 1. The highest BCUT2D eigenvalue weighted by molar-refractivity contribution is 6.01. The number of nitrogens with zero attached hydrogens (tertiary/aromatic N) is 3. The van der Waals surface area contributed by atoms with Gasteiger partial charge in [0.2, 0.25) is 11.5 Å². The first-order valence-electron chi connectivity index (χ1n) is 8.51.